The second kappa shape index (κ2) is 4.32. The molecule has 0 unspecified atom stereocenters. The third-order valence-electron chi connectivity index (χ3n) is 2.42. The first-order chi connectivity index (χ1) is 6.57. The summed E-state index contributed by atoms with van der Waals surface area (Å²) < 4.78 is 0. The van der Waals surface area contributed by atoms with E-state index in [1.807, 2.05) is 6.08 Å². The molecule has 1 rings (SSSR count). The van der Waals surface area contributed by atoms with Gasteiger partial charge >= 0.3 is 0 Å². The van der Waals surface area contributed by atoms with Crippen molar-refractivity contribution in [2.45, 2.75) is 19.8 Å². The summed E-state index contributed by atoms with van der Waals surface area (Å²) in [4.78, 5) is 2.13. The molecule has 0 bridgehead atoms. The minimum atomic E-state index is 0.544. The fourth-order valence-corrected chi connectivity index (χ4v) is 1.69. The first kappa shape index (κ1) is 10.8. The van der Waals surface area contributed by atoms with Crippen molar-refractivity contribution in [1.82, 2.24) is 0 Å². The average molecular weight is 189 g/mol. The Morgan fingerprint density at radius 1 is 1.29 bits per heavy atom. The van der Waals surface area contributed by atoms with Crippen LogP contribution < -0.4 is 4.90 Å². The maximum atomic E-state index is 3.89. The largest absolute Gasteiger partial charge is 0.377 e. The molecule has 1 nitrogen and oxygen atoms in total. The van der Waals surface area contributed by atoms with Gasteiger partial charge in [-0.2, -0.15) is 0 Å². The van der Waals surface area contributed by atoms with Crippen molar-refractivity contribution in [2.24, 2.45) is 0 Å². The van der Waals surface area contributed by atoms with E-state index in [1.165, 1.54) is 16.8 Å². The highest BCUT2D eigenvalue weighted by atomic mass is 15.1. The van der Waals surface area contributed by atoms with E-state index < -0.39 is 0 Å². The summed E-state index contributed by atoms with van der Waals surface area (Å²) in [6, 6.07) is 6.41. The van der Waals surface area contributed by atoms with Crippen LogP contribution in [0.3, 0.4) is 0 Å². The highest BCUT2D eigenvalue weighted by Gasteiger charge is 2.08. The van der Waals surface area contributed by atoms with Gasteiger partial charge < -0.3 is 4.90 Å². The maximum Gasteiger partial charge on any atom is 0.0437 e. The van der Waals surface area contributed by atoms with Crippen LogP contribution in [0.15, 0.2) is 24.8 Å². The van der Waals surface area contributed by atoms with Crippen molar-refractivity contribution in [1.29, 1.82) is 0 Å². The maximum absolute atomic E-state index is 3.89. The SMILES string of the molecule is C=Cc1c(C(C)C)cccc1N(C)C. The Morgan fingerprint density at radius 3 is 2.36 bits per heavy atom. The summed E-state index contributed by atoms with van der Waals surface area (Å²) in [5.74, 6) is 0.544. The second-order valence-electron chi connectivity index (χ2n) is 4.03. The summed E-state index contributed by atoms with van der Waals surface area (Å²) in [5, 5.41) is 0. The predicted molar refractivity (Wildman–Crippen MR) is 64.9 cm³/mol. The van der Waals surface area contributed by atoms with E-state index in [0.29, 0.717) is 5.92 Å². The number of hydrogen-bond donors (Lipinski definition) is 0. The molecule has 1 heteroatoms. The summed E-state index contributed by atoms with van der Waals surface area (Å²) in [7, 11) is 4.12. The molecule has 0 amide bonds. The van der Waals surface area contributed by atoms with Gasteiger partial charge in [-0.1, -0.05) is 38.6 Å². The molecule has 76 valence electrons. The number of benzene rings is 1. The van der Waals surface area contributed by atoms with Gasteiger partial charge in [0.05, 0.1) is 0 Å². The zero-order valence-corrected chi connectivity index (χ0v) is 9.54. The third-order valence-corrected chi connectivity index (χ3v) is 2.42. The van der Waals surface area contributed by atoms with Gasteiger partial charge in [-0.25, -0.2) is 0 Å². The smallest absolute Gasteiger partial charge is 0.0437 e. The van der Waals surface area contributed by atoms with E-state index in [2.05, 4.69) is 57.6 Å². The predicted octanol–water partition coefficient (Wildman–Crippen LogP) is 3.52. The van der Waals surface area contributed by atoms with E-state index in [4.69, 9.17) is 0 Å². The minimum Gasteiger partial charge on any atom is -0.377 e. The Bertz CT molecular complexity index is 298. The lowest BCUT2D eigenvalue weighted by atomic mass is 9.95. The lowest BCUT2D eigenvalue weighted by Crippen LogP contribution is -2.11. The normalized spacial score (nSPS) is 10.4. The van der Waals surface area contributed by atoms with Gasteiger partial charge in [0.15, 0.2) is 0 Å². The van der Waals surface area contributed by atoms with Crippen LogP contribution >= 0.6 is 0 Å². The van der Waals surface area contributed by atoms with Crippen molar-refractivity contribution in [3.8, 4) is 0 Å². The Kier molecular flexibility index (Phi) is 3.34. The van der Waals surface area contributed by atoms with Gasteiger partial charge in [-0.05, 0) is 17.5 Å². The molecule has 0 aliphatic heterocycles. The molecule has 0 atom stereocenters. The van der Waals surface area contributed by atoms with Gasteiger partial charge in [0.2, 0.25) is 0 Å². The minimum absolute atomic E-state index is 0.544. The van der Waals surface area contributed by atoms with E-state index in [9.17, 15) is 0 Å². The fraction of sp³-hybridized carbons (Fsp3) is 0.385. The van der Waals surface area contributed by atoms with Gasteiger partial charge in [0.1, 0.15) is 0 Å². The highest BCUT2D eigenvalue weighted by Crippen LogP contribution is 2.28. The average Bonchev–Trinajstić information content (AvgIpc) is 2.16. The Labute approximate surface area is 87.1 Å². The van der Waals surface area contributed by atoms with Crippen molar-refractivity contribution in [3.63, 3.8) is 0 Å². The molecule has 0 saturated carbocycles. The van der Waals surface area contributed by atoms with Gasteiger partial charge in [-0.3, -0.25) is 0 Å². The topological polar surface area (TPSA) is 3.24 Å². The van der Waals surface area contributed by atoms with Crippen molar-refractivity contribution < 1.29 is 0 Å². The highest BCUT2D eigenvalue weighted by molar-refractivity contribution is 5.69. The molecule has 0 aromatic heterocycles. The number of hydrogen-bond acceptors (Lipinski definition) is 1. The monoisotopic (exact) mass is 189 g/mol. The van der Waals surface area contributed by atoms with Crippen LogP contribution in [0.1, 0.15) is 30.9 Å². The summed E-state index contributed by atoms with van der Waals surface area (Å²) in [5.41, 5.74) is 3.87. The fourth-order valence-electron chi connectivity index (χ4n) is 1.69. The molecule has 0 aliphatic rings. The van der Waals surface area contributed by atoms with Crippen molar-refractivity contribution >= 4 is 11.8 Å². The molecule has 14 heavy (non-hydrogen) atoms. The number of anilines is 1. The first-order valence-corrected chi connectivity index (χ1v) is 5.00. The van der Waals surface area contributed by atoms with Crippen LogP contribution in [-0.2, 0) is 0 Å². The summed E-state index contributed by atoms with van der Waals surface area (Å²) >= 11 is 0. The molecule has 0 aliphatic carbocycles. The molecule has 0 N–H and O–H groups in total. The zero-order chi connectivity index (χ0) is 10.7. The summed E-state index contributed by atoms with van der Waals surface area (Å²) in [6.45, 7) is 8.31. The van der Waals surface area contributed by atoms with E-state index in [0.717, 1.165) is 0 Å². The molecule has 1 aromatic rings. The van der Waals surface area contributed by atoms with Gasteiger partial charge in [0.25, 0.3) is 0 Å². The Hall–Kier alpha value is -1.24. The van der Waals surface area contributed by atoms with Gasteiger partial charge in [0, 0.05) is 25.3 Å². The van der Waals surface area contributed by atoms with E-state index in [-0.39, 0.29) is 0 Å². The Balaban J connectivity index is 3.32. The molecule has 0 radical (unpaired) electrons. The Morgan fingerprint density at radius 2 is 1.93 bits per heavy atom. The lowest BCUT2D eigenvalue weighted by molar-refractivity contribution is 0.862. The zero-order valence-electron chi connectivity index (χ0n) is 9.54. The molecular formula is C13H19N. The standard InChI is InChI=1S/C13H19N/c1-6-11-12(10(2)3)8-7-9-13(11)14(4)5/h6-10H,1H2,2-5H3. The number of nitrogens with zero attached hydrogens (tertiary/aromatic N) is 1. The molecule has 1 aromatic carbocycles. The van der Waals surface area contributed by atoms with Crippen LogP contribution in [0.5, 0.6) is 0 Å². The van der Waals surface area contributed by atoms with Crippen LogP contribution in [0.25, 0.3) is 6.08 Å². The molecule has 0 heterocycles. The van der Waals surface area contributed by atoms with Crippen LogP contribution in [0.2, 0.25) is 0 Å². The van der Waals surface area contributed by atoms with Crippen molar-refractivity contribution in [3.05, 3.63) is 35.9 Å². The van der Waals surface area contributed by atoms with E-state index >= 15 is 0 Å². The molecule has 0 spiro atoms. The lowest BCUT2D eigenvalue weighted by Gasteiger charge is -2.19. The summed E-state index contributed by atoms with van der Waals surface area (Å²) in [6.07, 6.45) is 1.95. The third kappa shape index (κ3) is 1.98. The quantitative estimate of drug-likeness (QED) is 0.703. The van der Waals surface area contributed by atoms with Crippen LogP contribution in [-0.4, -0.2) is 14.1 Å². The number of rotatable bonds is 3. The van der Waals surface area contributed by atoms with Crippen LogP contribution in [0, 0.1) is 0 Å². The van der Waals surface area contributed by atoms with Crippen LogP contribution in [0.4, 0.5) is 5.69 Å². The molecular weight excluding hydrogens is 170 g/mol. The second-order valence-corrected chi connectivity index (χ2v) is 4.03. The first-order valence-electron chi connectivity index (χ1n) is 5.00. The van der Waals surface area contributed by atoms with Crippen molar-refractivity contribution in [2.75, 3.05) is 19.0 Å². The van der Waals surface area contributed by atoms with Gasteiger partial charge in [-0.15, -0.1) is 0 Å². The molecule has 0 fully saturated rings. The molecule has 0 saturated heterocycles. The van der Waals surface area contributed by atoms with E-state index in [1.54, 1.807) is 0 Å².